The second-order valence-corrected chi connectivity index (χ2v) is 5.77. The first kappa shape index (κ1) is 16.3. The van der Waals surface area contributed by atoms with Crippen molar-refractivity contribution >= 4 is 0 Å². The molecule has 0 radical (unpaired) electrons. The van der Waals surface area contributed by atoms with Gasteiger partial charge in [0.25, 0.3) is 0 Å². The average Bonchev–Trinajstić information content (AvgIpc) is 3.35. The third kappa shape index (κ3) is 6.06. The summed E-state index contributed by atoms with van der Waals surface area (Å²) in [6.07, 6.45) is 8.23. The largest absolute Gasteiger partial charge is 0.497 e. The third-order valence-corrected chi connectivity index (χ3v) is 3.99. The number of ether oxygens (including phenoxy) is 3. The van der Waals surface area contributed by atoms with Gasteiger partial charge in [0.2, 0.25) is 0 Å². The lowest BCUT2D eigenvalue weighted by molar-refractivity contribution is 0.0148. The fourth-order valence-corrected chi connectivity index (χ4v) is 2.52. The molecule has 1 aromatic rings. The van der Waals surface area contributed by atoms with Crippen LogP contribution in [0.3, 0.4) is 0 Å². The number of methoxy groups -OCH3 is 1. The summed E-state index contributed by atoms with van der Waals surface area (Å²) in [5.74, 6) is 0.886. The summed E-state index contributed by atoms with van der Waals surface area (Å²) in [7, 11) is 1.69. The van der Waals surface area contributed by atoms with E-state index in [9.17, 15) is 0 Å². The summed E-state index contributed by atoms with van der Waals surface area (Å²) in [5, 5.41) is 0. The lowest BCUT2D eigenvalue weighted by atomic mass is 10.1. The molecular formula is C18H28O3. The molecule has 0 aliphatic carbocycles. The van der Waals surface area contributed by atoms with E-state index in [-0.39, 0.29) is 6.10 Å². The van der Waals surface area contributed by atoms with Crippen LogP contribution in [0.15, 0.2) is 24.3 Å². The van der Waals surface area contributed by atoms with Crippen LogP contribution in [0.25, 0.3) is 0 Å². The Bertz CT molecular complexity index is 384. The van der Waals surface area contributed by atoms with Crippen molar-refractivity contribution in [3.05, 3.63) is 29.8 Å². The number of hydrogen-bond acceptors (Lipinski definition) is 3. The van der Waals surface area contributed by atoms with Gasteiger partial charge in [-0.25, -0.2) is 0 Å². The van der Waals surface area contributed by atoms with Crippen molar-refractivity contribution in [2.24, 2.45) is 0 Å². The Balaban J connectivity index is 1.69. The first-order valence-corrected chi connectivity index (χ1v) is 8.19. The topological polar surface area (TPSA) is 31.0 Å². The van der Waals surface area contributed by atoms with Crippen LogP contribution in [0.4, 0.5) is 0 Å². The van der Waals surface area contributed by atoms with Gasteiger partial charge in [-0.3, -0.25) is 0 Å². The molecule has 0 aromatic heterocycles. The van der Waals surface area contributed by atoms with Crippen LogP contribution < -0.4 is 4.74 Å². The van der Waals surface area contributed by atoms with E-state index < -0.39 is 0 Å². The lowest BCUT2D eigenvalue weighted by Gasteiger charge is -2.16. The van der Waals surface area contributed by atoms with Crippen LogP contribution in [0.5, 0.6) is 5.75 Å². The molecule has 2 rings (SSSR count). The van der Waals surface area contributed by atoms with E-state index in [4.69, 9.17) is 14.2 Å². The average molecular weight is 292 g/mol. The number of unbranched alkanes of at least 4 members (excludes halogenated alkanes) is 4. The second kappa shape index (κ2) is 9.06. The molecule has 3 nitrogen and oxygen atoms in total. The van der Waals surface area contributed by atoms with Crippen LogP contribution in [0, 0.1) is 0 Å². The van der Waals surface area contributed by atoms with Crippen LogP contribution in [-0.4, -0.2) is 25.9 Å². The second-order valence-electron chi connectivity index (χ2n) is 5.77. The molecule has 21 heavy (non-hydrogen) atoms. The maximum absolute atomic E-state index is 6.07. The first-order valence-electron chi connectivity index (χ1n) is 8.19. The number of epoxide rings is 1. The Morgan fingerprint density at radius 2 is 1.86 bits per heavy atom. The molecule has 1 aliphatic rings. The quantitative estimate of drug-likeness (QED) is 0.449. The molecule has 0 saturated carbocycles. The van der Waals surface area contributed by atoms with Crippen LogP contribution in [0.2, 0.25) is 0 Å². The molecule has 1 aliphatic heterocycles. The van der Waals surface area contributed by atoms with Gasteiger partial charge in [-0.1, -0.05) is 51.2 Å². The van der Waals surface area contributed by atoms with E-state index in [2.05, 4.69) is 19.1 Å². The monoisotopic (exact) mass is 292 g/mol. The van der Waals surface area contributed by atoms with E-state index in [1.54, 1.807) is 7.11 Å². The first-order chi connectivity index (χ1) is 10.3. The predicted octanol–water partition coefficient (Wildman–Crippen LogP) is 4.34. The molecule has 1 fully saturated rings. The van der Waals surface area contributed by atoms with Crippen molar-refractivity contribution in [1.82, 2.24) is 0 Å². The molecule has 0 amide bonds. The van der Waals surface area contributed by atoms with Gasteiger partial charge in [-0.15, -0.1) is 0 Å². The molecule has 0 bridgehead atoms. The Morgan fingerprint density at radius 1 is 1.14 bits per heavy atom. The zero-order chi connectivity index (χ0) is 14.9. The van der Waals surface area contributed by atoms with E-state index in [1.807, 2.05) is 12.1 Å². The van der Waals surface area contributed by atoms with Gasteiger partial charge in [0.1, 0.15) is 11.9 Å². The Hall–Kier alpha value is -1.06. The molecule has 2 atom stereocenters. The van der Waals surface area contributed by atoms with Gasteiger partial charge < -0.3 is 14.2 Å². The highest BCUT2D eigenvalue weighted by atomic mass is 16.6. The summed E-state index contributed by atoms with van der Waals surface area (Å²) in [5.41, 5.74) is 1.19. The van der Waals surface area contributed by atoms with Crippen molar-refractivity contribution in [2.45, 2.75) is 64.3 Å². The maximum atomic E-state index is 6.07. The highest BCUT2D eigenvalue weighted by Gasteiger charge is 2.33. The molecule has 1 aromatic carbocycles. The molecular weight excluding hydrogens is 264 g/mol. The summed E-state index contributed by atoms with van der Waals surface area (Å²) >= 11 is 0. The van der Waals surface area contributed by atoms with E-state index in [1.165, 1.54) is 37.7 Å². The fourth-order valence-electron chi connectivity index (χ4n) is 2.52. The van der Waals surface area contributed by atoms with E-state index in [0.29, 0.717) is 12.7 Å². The zero-order valence-electron chi connectivity index (χ0n) is 13.3. The molecule has 3 heteroatoms. The minimum atomic E-state index is 0.258. The third-order valence-electron chi connectivity index (χ3n) is 3.99. The van der Waals surface area contributed by atoms with Crippen molar-refractivity contribution in [2.75, 3.05) is 13.7 Å². The molecule has 0 spiro atoms. The van der Waals surface area contributed by atoms with Crippen LogP contribution in [-0.2, 0) is 16.1 Å². The van der Waals surface area contributed by atoms with Crippen molar-refractivity contribution in [3.8, 4) is 5.75 Å². The summed E-state index contributed by atoms with van der Waals surface area (Å²) < 4.78 is 16.7. The summed E-state index contributed by atoms with van der Waals surface area (Å²) in [6, 6.07) is 8.08. The van der Waals surface area contributed by atoms with Gasteiger partial charge in [-0.2, -0.15) is 0 Å². The summed E-state index contributed by atoms with van der Waals surface area (Å²) in [4.78, 5) is 0. The molecule has 0 N–H and O–H groups in total. The number of hydrogen-bond donors (Lipinski definition) is 0. The number of benzene rings is 1. The van der Waals surface area contributed by atoms with Crippen molar-refractivity contribution in [3.63, 3.8) is 0 Å². The van der Waals surface area contributed by atoms with Gasteiger partial charge in [-0.05, 0) is 24.1 Å². The van der Waals surface area contributed by atoms with Crippen molar-refractivity contribution < 1.29 is 14.2 Å². The Labute approximate surface area is 128 Å². The smallest absolute Gasteiger partial charge is 0.118 e. The molecule has 118 valence electrons. The van der Waals surface area contributed by atoms with Gasteiger partial charge >= 0.3 is 0 Å². The maximum Gasteiger partial charge on any atom is 0.118 e. The lowest BCUT2D eigenvalue weighted by Crippen LogP contribution is -2.19. The van der Waals surface area contributed by atoms with Crippen LogP contribution in [0.1, 0.15) is 51.0 Å². The molecule has 0 unspecified atom stereocenters. The highest BCUT2D eigenvalue weighted by molar-refractivity contribution is 5.26. The van der Waals surface area contributed by atoms with Crippen LogP contribution >= 0.6 is 0 Å². The van der Waals surface area contributed by atoms with Gasteiger partial charge in [0, 0.05) is 0 Å². The normalized spacial score (nSPS) is 18.5. The van der Waals surface area contributed by atoms with Gasteiger partial charge in [0.05, 0.1) is 26.4 Å². The minimum absolute atomic E-state index is 0.258. The van der Waals surface area contributed by atoms with Gasteiger partial charge in [0.15, 0.2) is 0 Å². The highest BCUT2D eigenvalue weighted by Crippen LogP contribution is 2.24. The number of rotatable bonds is 11. The molecule has 1 saturated heterocycles. The Morgan fingerprint density at radius 3 is 2.48 bits per heavy atom. The van der Waals surface area contributed by atoms with E-state index >= 15 is 0 Å². The standard InChI is InChI=1S/C18H28O3/c1-3-4-5-6-7-8-17(18-14-21-18)20-13-15-9-11-16(19-2)12-10-15/h9-12,17-18H,3-8,13-14H2,1-2H3/t17-,18-/m1/s1. The Kier molecular flexibility index (Phi) is 7.04. The SMILES string of the molecule is CCCCCCC[C@@H](OCc1ccc(OC)cc1)[C@H]1CO1. The minimum Gasteiger partial charge on any atom is -0.497 e. The zero-order valence-corrected chi connectivity index (χ0v) is 13.3. The van der Waals surface area contributed by atoms with E-state index in [0.717, 1.165) is 18.8 Å². The molecule has 1 heterocycles. The van der Waals surface area contributed by atoms with Crippen molar-refractivity contribution in [1.29, 1.82) is 0 Å². The fraction of sp³-hybridized carbons (Fsp3) is 0.667. The predicted molar refractivity (Wildman–Crippen MR) is 84.7 cm³/mol. The summed E-state index contributed by atoms with van der Waals surface area (Å²) in [6.45, 7) is 3.77.